The summed E-state index contributed by atoms with van der Waals surface area (Å²) in [4.78, 5) is 19.5. The van der Waals surface area contributed by atoms with Crippen LogP contribution in [0.4, 0.5) is 0 Å². The first-order chi connectivity index (χ1) is 26.3. The van der Waals surface area contributed by atoms with Crippen molar-refractivity contribution in [3.63, 3.8) is 0 Å². The van der Waals surface area contributed by atoms with E-state index in [-0.39, 0.29) is 0 Å². The number of aryl methyl sites for hydroxylation is 4. The van der Waals surface area contributed by atoms with Gasteiger partial charge in [0.2, 0.25) is 0 Å². The van der Waals surface area contributed by atoms with Crippen LogP contribution in [0.2, 0.25) is 0 Å². The molecule has 0 saturated heterocycles. The van der Waals surface area contributed by atoms with E-state index >= 15 is 0 Å². The highest BCUT2D eigenvalue weighted by molar-refractivity contribution is 6.03. The van der Waals surface area contributed by atoms with Gasteiger partial charge in [0.25, 0.3) is 0 Å². The van der Waals surface area contributed by atoms with E-state index in [0.29, 0.717) is 0 Å². The molecule has 1 aromatic carbocycles. The molecule has 6 heteroatoms. The van der Waals surface area contributed by atoms with Gasteiger partial charge in [-0.3, -0.25) is 0 Å². The zero-order valence-electron chi connectivity index (χ0n) is 34.9. The van der Waals surface area contributed by atoms with Crippen LogP contribution >= 0.6 is 0 Å². The number of aromatic amines is 2. The van der Waals surface area contributed by atoms with Crippen LogP contribution in [0.1, 0.15) is 151 Å². The summed E-state index contributed by atoms with van der Waals surface area (Å²) < 4.78 is 12.0. The molecule has 0 saturated carbocycles. The van der Waals surface area contributed by atoms with E-state index in [1.165, 1.54) is 61.1 Å². The van der Waals surface area contributed by atoms with Crippen molar-refractivity contribution >= 4 is 44.4 Å². The van der Waals surface area contributed by atoms with Crippen LogP contribution in [-0.4, -0.2) is 34.2 Å². The number of aromatic nitrogens is 4. The summed E-state index contributed by atoms with van der Waals surface area (Å²) in [6.07, 6.45) is 10.4. The first-order valence-corrected chi connectivity index (χ1v) is 20.8. The molecule has 0 radical (unpaired) electrons. The van der Waals surface area contributed by atoms with Crippen molar-refractivity contribution in [2.24, 2.45) is 0 Å². The molecule has 8 bridgehead atoms. The number of methoxy groups -OCH3 is 2. The molecule has 5 heterocycles. The van der Waals surface area contributed by atoms with Crippen LogP contribution in [-0.2, 0) is 32.1 Å². The van der Waals surface area contributed by atoms with E-state index < -0.39 is 0 Å². The number of hydrogen-bond acceptors (Lipinski definition) is 4. The molecular formula is C48H62N4O2. The van der Waals surface area contributed by atoms with Gasteiger partial charge in [-0.25, -0.2) is 9.97 Å². The molecule has 0 unspecified atom stereocenters. The van der Waals surface area contributed by atoms with E-state index in [0.717, 1.165) is 127 Å². The SMILES string of the molecule is CCCCc1c2nc(cc3[nH]c(cc4[nH]c(c(CC)c4CC)c(-c4cc(OC)ccc4OC)c4nc1C(CC)=C4CC)c(CC)c3CC)C(CC)=C2CC. The highest BCUT2D eigenvalue weighted by Gasteiger charge is 2.30. The third-order valence-corrected chi connectivity index (χ3v) is 11.8. The van der Waals surface area contributed by atoms with Crippen molar-refractivity contribution in [2.45, 2.75) is 133 Å². The Balaban J connectivity index is 2.01. The summed E-state index contributed by atoms with van der Waals surface area (Å²) in [6, 6.07) is 10.9. The first kappa shape index (κ1) is 39.1. The number of nitrogens with zero attached hydrogens (tertiary/aromatic N) is 2. The van der Waals surface area contributed by atoms with Crippen molar-refractivity contribution in [1.29, 1.82) is 0 Å². The topological polar surface area (TPSA) is 75.8 Å². The summed E-state index contributed by atoms with van der Waals surface area (Å²) in [5.41, 5.74) is 23.1. The maximum atomic E-state index is 6.17. The van der Waals surface area contributed by atoms with Crippen LogP contribution in [0, 0.1) is 0 Å². The number of H-pyrrole nitrogens is 2. The lowest BCUT2D eigenvalue weighted by molar-refractivity contribution is 0.404. The average Bonchev–Trinajstić information content (AvgIpc) is 3.94. The number of ether oxygens (including phenoxy) is 2. The Hall–Kier alpha value is -4.58. The number of rotatable bonds is 14. The molecule has 54 heavy (non-hydrogen) atoms. The minimum Gasteiger partial charge on any atom is -0.497 e. The van der Waals surface area contributed by atoms with E-state index in [1.807, 2.05) is 12.1 Å². The standard InChI is InChI=1S/C48H62N4O2/c1-12-21-22-37-45-33(17-6)31(15-4)41(50-45)26-39-29(13-2)30(14-3)40(49-39)27-42-32(16-5)34(18-7)47(51-42)44(38-25-28(53-10)23-24-43(38)54-11)48-36(20-9)35(19-8)46(37)52-48/h23-27,49,51H,12-22H2,1-11H3. The van der Waals surface area contributed by atoms with Gasteiger partial charge in [-0.05, 0) is 139 Å². The van der Waals surface area contributed by atoms with Gasteiger partial charge in [0.1, 0.15) is 11.5 Å². The van der Waals surface area contributed by atoms with Crippen molar-refractivity contribution in [3.8, 4) is 22.6 Å². The zero-order chi connectivity index (χ0) is 38.7. The van der Waals surface area contributed by atoms with E-state index in [1.54, 1.807) is 14.2 Å². The number of unbranched alkanes of at least 4 members (excludes halogenated alkanes) is 1. The van der Waals surface area contributed by atoms with Crippen LogP contribution < -0.4 is 9.47 Å². The maximum Gasteiger partial charge on any atom is 0.127 e. The lowest BCUT2D eigenvalue weighted by atomic mass is 9.90. The molecule has 4 aromatic rings. The van der Waals surface area contributed by atoms with Crippen LogP contribution in [0.5, 0.6) is 11.5 Å². The Morgan fingerprint density at radius 1 is 0.519 bits per heavy atom. The quantitative estimate of drug-likeness (QED) is 0.136. The molecule has 3 aromatic heterocycles. The molecule has 286 valence electrons. The molecule has 6 nitrogen and oxygen atoms in total. The molecule has 2 aliphatic rings. The van der Waals surface area contributed by atoms with Gasteiger partial charge in [-0.2, -0.15) is 0 Å². The molecule has 0 atom stereocenters. The monoisotopic (exact) mass is 726 g/mol. The summed E-state index contributed by atoms with van der Waals surface area (Å²) in [7, 11) is 3.50. The highest BCUT2D eigenvalue weighted by atomic mass is 16.5. The van der Waals surface area contributed by atoms with Crippen LogP contribution in [0.15, 0.2) is 30.3 Å². The predicted molar refractivity (Wildman–Crippen MR) is 230 cm³/mol. The Labute approximate surface area is 323 Å². The Morgan fingerprint density at radius 2 is 1.07 bits per heavy atom. The van der Waals surface area contributed by atoms with Gasteiger partial charge < -0.3 is 19.4 Å². The minimum atomic E-state index is 0.788. The van der Waals surface area contributed by atoms with E-state index in [4.69, 9.17) is 19.4 Å². The van der Waals surface area contributed by atoms with E-state index in [9.17, 15) is 0 Å². The van der Waals surface area contributed by atoms with Gasteiger partial charge in [-0.1, -0.05) is 68.7 Å². The van der Waals surface area contributed by atoms with Gasteiger partial charge in [-0.15, -0.1) is 0 Å². The normalized spacial score (nSPS) is 13.0. The van der Waals surface area contributed by atoms with Crippen LogP contribution in [0.3, 0.4) is 0 Å². The smallest absolute Gasteiger partial charge is 0.127 e. The second kappa shape index (κ2) is 16.8. The lowest BCUT2D eigenvalue weighted by Crippen LogP contribution is -2.00. The number of hydrogen-bond donors (Lipinski definition) is 2. The fraction of sp³-hybridized carbons (Fsp3) is 0.458. The summed E-state index contributed by atoms with van der Waals surface area (Å²) >= 11 is 0. The van der Waals surface area contributed by atoms with Crippen molar-refractivity contribution in [1.82, 2.24) is 19.9 Å². The molecule has 2 N–H and O–H groups in total. The van der Waals surface area contributed by atoms with Crippen LogP contribution in [0.25, 0.3) is 55.5 Å². The fourth-order valence-corrected chi connectivity index (χ4v) is 9.23. The average molecular weight is 727 g/mol. The van der Waals surface area contributed by atoms with Crippen molar-refractivity contribution in [2.75, 3.05) is 14.2 Å². The van der Waals surface area contributed by atoms with E-state index in [2.05, 4.69) is 90.5 Å². The Morgan fingerprint density at radius 3 is 1.65 bits per heavy atom. The number of benzene rings is 1. The minimum absolute atomic E-state index is 0.788. The lowest BCUT2D eigenvalue weighted by Gasteiger charge is -2.15. The molecule has 0 fully saturated rings. The molecule has 2 aliphatic heterocycles. The highest BCUT2D eigenvalue weighted by Crippen LogP contribution is 2.47. The second-order valence-electron chi connectivity index (χ2n) is 14.5. The maximum absolute atomic E-state index is 6.17. The molecule has 0 amide bonds. The Bertz CT molecular complexity index is 2280. The third kappa shape index (κ3) is 6.60. The molecular weight excluding hydrogens is 665 g/mol. The zero-order valence-corrected chi connectivity index (χ0v) is 34.9. The molecule has 6 rings (SSSR count). The summed E-state index contributed by atoms with van der Waals surface area (Å²) in [5.74, 6) is 1.59. The van der Waals surface area contributed by atoms with Crippen molar-refractivity contribution < 1.29 is 9.47 Å². The summed E-state index contributed by atoms with van der Waals surface area (Å²) in [6.45, 7) is 20.6. The third-order valence-electron chi connectivity index (χ3n) is 11.8. The van der Waals surface area contributed by atoms with Gasteiger partial charge in [0, 0.05) is 33.2 Å². The largest absolute Gasteiger partial charge is 0.497 e. The second-order valence-corrected chi connectivity index (χ2v) is 14.5. The fourth-order valence-electron chi connectivity index (χ4n) is 9.23. The molecule has 0 spiro atoms. The summed E-state index contributed by atoms with van der Waals surface area (Å²) in [5, 5.41) is 0. The number of fused-ring (bicyclic) bond motifs is 8. The molecule has 0 aliphatic carbocycles. The number of allylic oxidation sites excluding steroid dienone is 4. The first-order valence-electron chi connectivity index (χ1n) is 20.8. The number of nitrogens with one attached hydrogen (secondary N) is 2. The Kier molecular flexibility index (Phi) is 12.2. The van der Waals surface area contributed by atoms with Gasteiger partial charge >= 0.3 is 0 Å². The van der Waals surface area contributed by atoms with Gasteiger partial charge in [0.05, 0.1) is 42.5 Å². The van der Waals surface area contributed by atoms with Crippen molar-refractivity contribution in [3.05, 3.63) is 80.9 Å². The van der Waals surface area contributed by atoms with Gasteiger partial charge in [0.15, 0.2) is 0 Å². The predicted octanol–water partition coefficient (Wildman–Crippen LogP) is 13.1.